The van der Waals surface area contributed by atoms with Gasteiger partial charge < -0.3 is 9.61 Å². The van der Waals surface area contributed by atoms with E-state index in [-0.39, 0.29) is 0 Å². The van der Waals surface area contributed by atoms with Crippen LogP contribution in [-0.4, -0.2) is 6.61 Å². The lowest BCUT2D eigenvalue weighted by molar-refractivity contribution is 0.349. The van der Waals surface area contributed by atoms with Crippen molar-refractivity contribution in [1.82, 2.24) is 0 Å². The Kier molecular flexibility index (Phi) is 5.92. The van der Waals surface area contributed by atoms with Gasteiger partial charge in [0, 0.05) is 10.6 Å². The lowest BCUT2D eigenvalue weighted by Crippen LogP contribution is -2.01. The van der Waals surface area contributed by atoms with Crippen molar-refractivity contribution in [3.63, 3.8) is 0 Å². The number of hydrogen-bond acceptors (Lipinski definition) is 3. The Balaban J connectivity index is 2.23. The minimum absolute atomic E-state index is 0.401. The zero-order chi connectivity index (χ0) is 15.1. The van der Waals surface area contributed by atoms with Crippen molar-refractivity contribution < 1.29 is 9.09 Å². The van der Waals surface area contributed by atoms with Gasteiger partial charge in [-0.15, -0.1) is 0 Å². The van der Waals surface area contributed by atoms with Crippen LogP contribution in [0.2, 0.25) is 0 Å². The predicted molar refractivity (Wildman–Crippen MR) is 91.0 cm³/mol. The molecule has 0 aromatic heterocycles. The Labute approximate surface area is 130 Å². The van der Waals surface area contributed by atoms with Crippen LogP contribution in [0.1, 0.15) is 19.4 Å². The summed E-state index contributed by atoms with van der Waals surface area (Å²) in [5, 5.41) is 3.12. The zero-order valence-electron chi connectivity index (χ0n) is 12.3. The molecule has 0 bridgehead atoms. The van der Waals surface area contributed by atoms with Crippen LogP contribution in [0.4, 0.5) is 5.69 Å². The van der Waals surface area contributed by atoms with E-state index in [9.17, 15) is 4.57 Å². The van der Waals surface area contributed by atoms with Crippen molar-refractivity contribution in [2.75, 3.05) is 11.7 Å². The summed E-state index contributed by atoms with van der Waals surface area (Å²) >= 11 is 1.25. The summed E-state index contributed by atoms with van der Waals surface area (Å²) in [6.45, 7) is 1.30. The van der Waals surface area contributed by atoms with Crippen molar-refractivity contribution in [2.24, 2.45) is 0 Å². The fourth-order valence-electron chi connectivity index (χ4n) is 1.96. The number of rotatable bonds is 7. The molecule has 112 valence electrons. The summed E-state index contributed by atoms with van der Waals surface area (Å²) in [5.74, 6) is 0. The molecule has 5 heteroatoms. The number of para-hydroxylation sites is 1. The first-order valence-corrected chi connectivity index (χ1v) is 10.1. The molecule has 1 atom stereocenters. The van der Waals surface area contributed by atoms with Gasteiger partial charge in [0.25, 0.3) is 0 Å². The highest BCUT2D eigenvalue weighted by atomic mass is 32.7. The second kappa shape index (κ2) is 7.69. The molecule has 2 aromatic rings. The van der Waals surface area contributed by atoms with Gasteiger partial charge in [-0.3, -0.25) is 4.57 Å². The van der Waals surface area contributed by atoms with Gasteiger partial charge in [-0.2, -0.15) is 0 Å². The van der Waals surface area contributed by atoms with E-state index in [0.29, 0.717) is 6.61 Å². The van der Waals surface area contributed by atoms with Crippen LogP contribution < -0.4 is 5.09 Å². The maximum absolute atomic E-state index is 13.0. The molecule has 0 fully saturated rings. The average molecular weight is 321 g/mol. The van der Waals surface area contributed by atoms with Crippen LogP contribution in [-0.2, 0) is 15.5 Å². The minimum atomic E-state index is -3.04. The monoisotopic (exact) mass is 321 g/mol. The van der Waals surface area contributed by atoms with Gasteiger partial charge in [-0.25, -0.2) is 0 Å². The quantitative estimate of drug-likeness (QED) is 0.674. The van der Waals surface area contributed by atoms with Crippen molar-refractivity contribution >= 4 is 23.8 Å². The molecule has 0 aliphatic carbocycles. The second-order valence-corrected chi connectivity index (χ2v) is 8.56. The Morgan fingerprint density at radius 3 is 2.38 bits per heavy atom. The largest absolute Gasteiger partial charge is 0.355 e. The van der Waals surface area contributed by atoms with Crippen molar-refractivity contribution in [1.29, 1.82) is 0 Å². The Hall–Kier alpha value is -1.22. The molecule has 0 saturated carbocycles. The third kappa shape index (κ3) is 4.63. The van der Waals surface area contributed by atoms with Gasteiger partial charge in [-0.1, -0.05) is 43.3 Å². The van der Waals surface area contributed by atoms with Crippen LogP contribution in [0.15, 0.2) is 59.5 Å². The van der Waals surface area contributed by atoms with E-state index in [1.807, 2.05) is 61.5 Å². The van der Waals surface area contributed by atoms with Gasteiger partial charge in [0.1, 0.15) is 0 Å². The maximum atomic E-state index is 13.0. The summed E-state index contributed by atoms with van der Waals surface area (Å²) in [5.41, 5.74) is 2.01. The van der Waals surface area contributed by atoms with Crippen LogP contribution >= 0.6 is 18.1 Å². The normalized spacial score (nSPS) is 13.6. The number of aryl methyl sites for hydroxylation is 1. The molecule has 0 amide bonds. The van der Waals surface area contributed by atoms with E-state index in [4.69, 9.17) is 4.52 Å². The molecule has 0 heterocycles. The van der Waals surface area contributed by atoms with E-state index in [2.05, 4.69) is 12.0 Å². The van der Waals surface area contributed by atoms with Gasteiger partial charge in [-0.05, 0) is 48.5 Å². The van der Waals surface area contributed by atoms with Crippen molar-refractivity contribution in [3.8, 4) is 0 Å². The third-order valence-electron chi connectivity index (χ3n) is 2.92. The number of anilines is 1. The van der Waals surface area contributed by atoms with E-state index in [0.717, 1.165) is 22.6 Å². The molecule has 21 heavy (non-hydrogen) atoms. The lowest BCUT2D eigenvalue weighted by atomic mass is 10.1. The minimum Gasteiger partial charge on any atom is -0.307 e. The van der Waals surface area contributed by atoms with E-state index in [1.165, 1.54) is 11.4 Å². The van der Waals surface area contributed by atoms with E-state index >= 15 is 0 Å². The first-order chi connectivity index (χ1) is 10.2. The molecule has 2 rings (SSSR count). The molecular weight excluding hydrogens is 301 g/mol. The lowest BCUT2D eigenvalue weighted by Gasteiger charge is -2.20. The molecule has 1 unspecified atom stereocenters. The number of nitrogens with one attached hydrogen (secondary N) is 1. The average Bonchev–Trinajstić information content (AvgIpc) is 2.48. The standard InChI is InChI=1S/C16H20NO2PS/c1-3-14-10-8-9-13-16(14)17-20(18,19-4-2)21-15-11-6-5-7-12-15/h5-13H,3-4H2,1-2H3,(H,17,18). The van der Waals surface area contributed by atoms with Crippen LogP contribution in [0.25, 0.3) is 0 Å². The fourth-order valence-corrected chi connectivity index (χ4v) is 5.63. The second-order valence-electron chi connectivity index (χ2n) is 4.44. The third-order valence-corrected chi connectivity index (χ3v) is 6.70. The number of hydrogen-bond donors (Lipinski definition) is 1. The molecule has 0 aliphatic rings. The van der Waals surface area contributed by atoms with Gasteiger partial charge in [0.05, 0.1) is 6.61 Å². The first-order valence-electron chi connectivity index (χ1n) is 7.02. The van der Waals surface area contributed by atoms with Crippen LogP contribution in [0.5, 0.6) is 0 Å². The van der Waals surface area contributed by atoms with Crippen LogP contribution in [0.3, 0.4) is 0 Å². The molecule has 0 aliphatic heterocycles. The summed E-state index contributed by atoms with van der Waals surface area (Å²) in [6.07, 6.45) is 0.880. The van der Waals surface area contributed by atoms with Crippen molar-refractivity contribution in [2.45, 2.75) is 25.2 Å². The van der Waals surface area contributed by atoms with Gasteiger partial charge >= 0.3 is 6.72 Å². The smallest absolute Gasteiger partial charge is 0.307 e. The van der Waals surface area contributed by atoms with Crippen LogP contribution in [0, 0.1) is 0 Å². The zero-order valence-corrected chi connectivity index (χ0v) is 14.0. The van der Waals surface area contributed by atoms with E-state index in [1.54, 1.807) is 0 Å². The molecule has 0 radical (unpaired) electrons. The highest BCUT2D eigenvalue weighted by Gasteiger charge is 2.25. The highest BCUT2D eigenvalue weighted by molar-refractivity contribution is 8.57. The topological polar surface area (TPSA) is 38.3 Å². The Bertz CT molecular complexity index is 619. The predicted octanol–water partition coefficient (Wildman–Crippen LogP) is 5.60. The first kappa shape index (κ1) is 16.2. The summed E-state index contributed by atoms with van der Waals surface area (Å²) in [6, 6.07) is 17.6. The maximum Gasteiger partial charge on any atom is 0.355 e. The number of benzene rings is 2. The molecule has 3 nitrogen and oxygen atoms in total. The van der Waals surface area contributed by atoms with Gasteiger partial charge in [0.15, 0.2) is 0 Å². The molecule has 2 aromatic carbocycles. The molecular formula is C16H20NO2PS. The molecule has 0 saturated heterocycles. The van der Waals surface area contributed by atoms with Gasteiger partial charge in [0.2, 0.25) is 0 Å². The SMILES string of the molecule is CCOP(=O)(Nc1ccccc1CC)Sc1ccccc1. The summed E-state index contributed by atoms with van der Waals surface area (Å²) < 4.78 is 18.6. The summed E-state index contributed by atoms with van der Waals surface area (Å²) in [7, 11) is 0. The summed E-state index contributed by atoms with van der Waals surface area (Å²) in [4.78, 5) is 0.927. The fraction of sp³-hybridized carbons (Fsp3) is 0.250. The van der Waals surface area contributed by atoms with Crippen molar-refractivity contribution in [3.05, 3.63) is 60.2 Å². The molecule has 1 N–H and O–H groups in total. The Morgan fingerprint density at radius 1 is 1.05 bits per heavy atom. The molecule has 0 spiro atoms. The highest BCUT2D eigenvalue weighted by Crippen LogP contribution is 2.62. The van der Waals surface area contributed by atoms with E-state index < -0.39 is 6.72 Å². The Morgan fingerprint density at radius 2 is 1.71 bits per heavy atom.